The number of nitro groups is 1. The number of nitrogens with one attached hydrogen (secondary N) is 1. The first-order valence-corrected chi connectivity index (χ1v) is 11.0. The SMILES string of the molecule is CCOc1ccc(NC(=O)c2cc([N+](=O)[O-])ccc2Cl)cc1S(=O)(=O)N(CC)CC. The van der Waals surface area contributed by atoms with Crippen molar-refractivity contribution in [2.24, 2.45) is 0 Å². The van der Waals surface area contributed by atoms with Gasteiger partial charge in [-0.3, -0.25) is 14.9 Å². The highest BCUT2D eigenvalue weighted by molar-refractivity contribution is 7.89. The number of amides is 1. The molecule has 0 saturated carbocycles. The molecule has 0 unspecified atom stereocenters. The van der Waals surface area contributed by atoms with Crippen LogP contribution in [0.5, 0.6) is 5.75 Å². The monoisotopic (exact) mass is 455 g/mol. The lowest BCUT2D eigenvalue weighted by Gasteiger charge is -2.21. The van der Waals surface area contributed by atoms with Crippen LogP contribution in [0, 0.1) is 10.1 Å². The van der Waals surface area contributed by atoms with Crippen molar-refractivity contribution in [1.29, 1.82) is 0 Å². The molecule has 0 spiro atoms. The van der Waals surface area contributed by atoms with E-state index in [9.17, 15) is 23.3 Å². The second-order valence-electron chi connectivity index (χ2n) is 6.06. The predicted octanol–water partition coefficient (Wildman–Crippen LogP) is 3.93. The molecule has 2 rings (SSSR count). The quantitative estimate of drug-likeness (QED) is 0.452. The van der Waals surface area contributed by atoms with Gasteiger partial charge < -0.3 is 10.1 Å². The highest BCUT2D eigenvalue weighted by atomic mass is 35.5. The highest BCUT2D eigenvalue weighted by Gasteiger charge is 2.26. The van der Waals surface area contributed by atoms with Crippen LogP contribution in [0.1, 0.15) is 31.1 Å². The molecule has 1 N–H and O–H groups in total. The van der Waals surface area contributed by atoms with Crippen molar-refractivity contribution < 1.29 is 22.9 Å². The van der Waals surface area contributed by atoms with E-state index in [4.69, 9.17) is 16.3 Å². The average Bonchev–Trinajstić information content (AvgIpc) is 2.70. The molecule has 0 saturated heterocycles. The molecule has 162 valence electrons. The topological polar surface area (TPSA) is 119 Å². The zero-order valence-corrected chi connectivity index (χ0v) is 18.3. The van der Waals surface area contributed by atoms with Crippen molar-refractivity contribution in [3.63, 3.8) is 0 Å². The third-order valence-electron chi connectivity index (χ3n) is 4.23. The molecule has 0 aromatic heterocycles. The van der Waals surface area contributed by atoms with E-state index >= 15 is 0 Å². The Bertz CT molecular complexity index is 1050. The zero-order valence-electron chi connectivity index (χ0n) is 16.7. The number of benzene rings is 2. The van der Waals surface area contributed by atoms with E-state index in [0.29, 0.717) is 0 Å². The molecule has 30 heavy (non-hydrogen) atoms. The molecule has 2 aromatic rings. The Morgan fingerprint density at radius 2 is 1.83 bits per heavy atom. The first kappa shape index (κ1) is 23.6. The van der Waals surface area contributed by atoms with Gasteiger partial charge in [0.05, 0.1) is 22.1 Å². The van der Waals surface area contributed by atoms with Gasteiger partial charge in [-0.25, -0.2) is 8.42 Å². The van der Waals surface area contributed by atoms with Crippen molar-refractivity contribution in [1.82, 2.24) is 4.31 Å². The lowest BCUT2D eigenvalue weighted by Crippen LogP contribution is -2.31. The van der Waals surface area contributed by atoms with Gasteiger partial charge in [-0.05, 0) is 31.2 Å². The van der Waals surface area contributed by atoms with Gasteiger partial charge in [0, 0.05) is 30.9 Å². The molecular formula is C19H22ClN3O6S. The molecule has 0 heterocycles. The van der Waals surface area contributed by atoms with Crippen LogP contribution in [0.4, 0.5) is 11.4 Å². The zero-order chi connectivity index (χ0) is 22.5. The van der Waals surface area contributed by atoms with Crippen LogP contribution in [0.2, 0.25) is 5.02 Å². The lowest BCUT2D eigenvalue weighted by atomic mass is 10.2. The van der Waals surface area contributed by atoms with Gasteiger partial charge in [-0.15, -0.1) is 0 Å². The highest BCUT2D eigenvalue weighted by Crippen LogP contribution is 2.31. The summed E-state index contributed by atoms with van der Waals surface area (Å²) in [6.45, 7) is 5.97. The van der Waals surface area contributed by atoms with Crippen LogP contribution in [-0.2, 0) is 10.0 Å². The Labute approximate surface area is 179 Å². The Kier molecular flexibility index (Phi) is 7.77. The molecule has 0 bridgehead atoms. The maximum atomic E-state index is 13.0. The number of halogens is 1. The van der Waals surface area contributed by atoms with Crippen LogP contribution < -0.4 is 10.1 Å². The number of carbonyl (C=O) groups is 1. The smallest absolute Gasteiger partial charge is 0.270 e. The third kappa shape index (κ3) is 5.07. The minimum Gasteiger partial charge on any atom is -0.492 e. The number of rotatable bonds is 9. The summed E-state index contributed by atoms with van der Waals surface area (Å²) in [5.41, 5.74) is -0.217. The molecular weight excluding hydrogens is 434 g/mol. The second-order valence-corrected chi connectivity index (χ2v) is 8.37. The fraction of sp³-hybridized carbons (Fsp3) is 0.316. The number of nitrogens with zero attached hydrogens (tertiary/aromatic N) is 2. The van der Waals surface area contributed by atoms with E-state index in [2.05, 4.69) is 5.32 Å². The number of carbonyl (C=O) groups excluding carboxylic acids is 1. The van der Waals surface area contributed by atoms with Gasteiger partial charge in [0.1, 0.15) is 10.6 Å². The van der Waals surface area contributed by atoms with Crippen LogP contribution in [0.3, 0.4) is 0 Å². The van der Waals surface area contributed by atoms with Gasteiger partial charge >= 0.3 is 0 Å². The number of sulfonamides is 1. The molecule has 0 aliphatic heterocycles. The van der Waals surface area contributed by atoms with Gasteiger partial charge in [-0.1, -0.05) is 25.4 Å². The minimum atomic E-state index is -3.86. The average molecular weight is 456 g/mol. The molecule has 0 fully saturated rings. The van der Waals surface area contributed by atoms with Crippen LogP contribution in [0.15, 0.2) is 41.3 Å². The molecule has 11 heteroatoms. The summed E-state index contributed by atoms with van der Waals surface area (Å²) in [5.74, 6) is -0.546. The van der Waals surface area contributed by atoms with Crippen molar-refractivity contribution in [2.75, 3.05) is 25.0 Å². The molecule has 0 radical (unpaired) electrons. The normalized spacial score (nSPS) is 11.4. The fourth-order valence-corrected chi connectivity index (χ4v) is 4.58. The maximum absolute atomic E-state index is 13.0. The summed E-state index contributed by atoms with van der Waals surface area (Å²) >= 11 is 6.01. The molecule has 1 amide bonds. The summed E-state index contributed by atoms with van der Waals surface area (Å²) in [5, 5.41) is 13.5. The van der Waals surface area contributed by atoms with E-state index in [-0.39, 0.29) is 52.3 Å². The molecule has 2 aromatic carbocycles. The van der Waals surface area contributed by atoms with E-state index in [1.807, 2.05) is 0 Å². The van der Waals surface area contributed by atoms with Gasteiger partial charge in [0.25, 0.3) is 11.6 Å². The second kappa shape index (κ2) is 9.88. The molecule has 0 atom stereocenters. The molecule has 0 aliphatic rings. The largest absolute Gasteiger partial charge is 0.492 e. The van der Waals surface area contributed by atoms with E-state index in [0.717, 1.165) is 6.07 Å². The number of hydrogen-bond acceptors (Lipinski definition) is 6. The maximum Gasteiger partial charge on any atom is 0.270 e. The Balaban J connectivity index is 2.46. The number of hydrogen-bond donors (Lipinski definition) is 1. The van der Waals surface area contributed by atoms with Crippen molar-refractivity contribution in [3.8, 4) is 5.75 Å². The van der Waals surface area contributed by atoms with E-state index in [1.54, 1.807) is 20.8 Å². The van der Waals surface area contributed by atoms with Crippen LogP contribution in [-0.4, -0.2) is 43.2 Å². The third-order valence-corrected chi connectivity index (χ3v) is 6.63. The standard InChI is InChI=1S/C19H22ClN3O6S/c1-4-22(5-2)30(27,28)18-11-13(7-10-17(18)29-6-3)21-19(24)15-12-14(23(25)26)8-9-16(15)20/h7-12H,4-6H2,1-3H3,(H,21,24). The van der Waals surface area contributed by atoms with Gasteiger partial charge in [0.15, 0.2) is 0 Å². The Morgan fingerprint density at radius 3 is 2.40 bits per heavy atom. The first-order valence-electron chi connectivity index (χ1n) is 9.17. The van der Waals surface area contributed by atoms with Crippen molar-refractivity contribution in [3.05, 3.63) is 57.1 Å². The number of non-ortho nitro benzene ring substituents is 1. The Morgan fingerprint density at radius 1 is 1.17 bits per heavy atom. The fourth-order valence-electron chi connectivity index (χ4n) is 2.76. The lowest BCUT2D eigenvalue weighted by molar-refractivity contribution is -0.384. The van der Waals surface area contributed by atoms with Crippen molar-refractivity contribution in [2.45, 2.75) is 25.7 Å². The van der Waals surface area contributed by atoms with E-state index < -0.39 is 20.9 Å². The number of nitro benzene ring substituents is 1. The van der Waals surface area contributed by atoms with Crippen molar-refractivity contribution >= 4 is 38.9 Å². The van der Waals surface area contributed by atoms with Crippen LogP contribution >= 0.6 is 11.6 Å². The summed E-state index contributed by atoms with van der Waals surface area (Å²) in [4.78, 5) is 22.9. The number of anilines is 1. The minimum absolute atomic E-state index is 0.0278. The molecule has 0 aliphatic carbocycles. The predicted molar refractivity (Wildman–Crippen MR) is 114 cm³/mol. The van der Waals surface area contributed by atoms with Gasteiger partial charge in [-0.2, -0.15) is 4.31 Å². The summed E-state index contributed by atoms with van der Waals surface area (Å²) in [6.07, 6.45) is 0. The summed E-state index contributed by atoms with van der Waals surface area (Å²) in [7, 11) is -3.86. The number of ether oxygens (including phenoxy) is 1. The first-order chi connectivity index (χ1) is 14.1. The Hall–Kier alpha value is -2.69. The van der Waals surface area contributed by atoms with Gasteiger partial charge in [0.2, 0.25) is 10.0 Å². The van der Waals surface area contributed by atoms with Crippen LogP contribution in [0.25, 0.3) is 0 Å². The molecule has 9 nitrogen and oxygen atoms in total. The summed E-state index contributed by atoms with van der Waals surface area (Å²) in [6, 6.07) is 7.72. The summed E-state index contributed by atoms with van der Waals surface area (Å²) < 4.78 is 32.7. The van der Waals surface area contributed by atoms with E-state index in [1.165, 1.54) is 34.6 Å².